The Morgan fingerprint density at radius 1 is 1.36 bits per heavy atom. The van der Waals surface area contributed by atoms with Gasteiger partial charge in [0.05, 0.1) is 12.0 Å². The van der Waals surface area contributed by atoms with Crippen LogP contribution in [0.5, 0.6) is 0 Å². The van der Waals surface area contributed by atoms with Gasteiger partial charge in [0.25, 0.3) is 0 Å². The molecule has 0 bridgehead atoms. The van der Waals surface area contributed by atoms with Crippen LogP contribution in [-0.2, 0) is 8.98 Å². The highest BCUT2D eigenvalue weighted by Gasteiger charge is 2.04. The van der Waals surface area contributed by atoms with Crippen molar-refractivity contribution in [1.82, 2.24) is 0 Å². The van der Waals surface area contributed by atoms with Crippen LogP contribution in [0.2, 0.25) is 0 Å². The van der Waals surface area contributed by atoms with Crippen LogP contribution in [0.1, 0.15) is 12.5 Å². The molecule has 0 aliphatic heterocycles. The van der Waals surface area contributed by atoms with E-state index in [9.17, 15) is 4.79 Å². The summed E-state index contributed by atoms with van der Waals surface area (Å²) in [6.07, 6.45) is 0. The first-order valence-electron chi connectivity index (χ1n) is 4.20. The lowest BCUT2D eigenvalue weighted by Crippen LogP contribution is -1.98. The fourth-order valence-corrected chi connectivity index (χ4v) is 1.31. The van der Waals surface area contributed by atoms with Gasteiger partial charge in [-0.1, -0.05) is 24.3 Å². The lowest BCUT2D eigenvalue weighted by molar-refractivity contribution is -0.128. The van der Waals surface area contributed by atoms with E-state index in [0.717, 1.165) is 16.9 Å². The highest BCUT2D eigenvalue weighted by atomic mass is 32.2. The van der Waals surface area contributed by atoms with Crippen molar-refractivity contribution in [2.24, 2.45) is 0 Å². The molecule has 0 fully saturated rings. The molecule has 0 aliphatic carbocycles. The maximum Gasteiger partial charge on any atom is 0.345 e. The molecule has 0 unspecified atom stereocenters. The molecule has 3 heteroatoms. The molecule has 1 aromatic rings. The van der Waals surface area contributed by atoms with Crippen LogP contribution in [-0.4, -0.2) is 5.97 Å². The maximum absolute atomic E-state index is 11.0. The second-order valence-electron chi connectivity index (χ2n) is 3.05. The minimum atomic E-state index is -0.379. The Kier molecular flexibility index (Phi) is 3.77. The number of hydrogen-bond donors (Lipinski definition) is 0. The van der Waals surface area contributed by atoms with E-state index in [2.05, 4.69) is 6.58 Å². The topological polar surface area (TPSA) is 26.3 Å². The third kappa shape index (κ3) is 3.26. The van der Waals surface area contributed by atoms with Gasteiger partial charge in [0.15, 0.2) is 0 Å². The first-order chi connectivity index (χ1) is 6.59. The monoisotopic (exact) mass is 208 g/mol. The van der Waals surface area contributed by atoms with Crippen LogP contribution in [0.4, 0.5) is 0 Å². The van der Waals surface area contributed by atoms with E-state index in [-0.39, 0.29) is 5.97 Å². The van der Waals surface area contributed by atoms with Crippen molar-refractivity contribution < 1.29 is 8.98 Å². The standard InChI is InChI=1S/C11H12O2S/c1-8(2)11(12)13-14-10-6-4-9(3)5-7-10/h4-7H,1H2,2-3H3. The van der Waals surface area contributed by atoms with Crippen molar-refractivity contribution in [3.8, 4) is 0 Å². The van der Waals surface area contributed by atoms with Crippen LogP contribution in [0.15, 0.2) is 41.3 Å². The molecule has 0 saturated heterocycles. The number of benzene rings is 1. The highest BCUT2D eigenvalue weighted by Crippen LogP contribution is 2.20. The summed E-state index contributed by atoms with van der Waals surface area (Å²) in [6, 6.07) is 7.76. The van der Waals surface area contributed by atoms with Gasteiger partial charge in [0, 0.05) is 10.5 Å². The number of aryl methyl sites for hydroxylation is 1. The summed E-state index contributed by atoms with van der Waals surface area (Å²) < 4.78 is 4.91. The molecule has 74 valence electrons. The Hall–Kier alpha value is -1.22. The fourth-order valence-electron chi connectivity index (χ4n) is 0.751. The minimum Gasteiger partial charge on any atom is -0.383 e. The average Bonchev–Trinajstić information content (AvgIpc) is 2.16. The molecule has 1 rings (SSSR count). The summed E-state index contributed by atoms with van der Waals surface area (Å²) in [5, 5.41) is 0. The van der Waals surface area contributed by atoms with E-state index >= 15 is 0 Å². The molecule has 2 nitrogen and oxygen atoms in total. The summed E-state index contributed by atoms with van der Waals surface area (Å²) in [5.41, 5.74) is 1.59. The Bertz CT molecular complexity index is 341. The van der Waals surface area contributed by atoms with Gasteiger partial charge in [-0.15, -0.1) is 0 Å². The summed E-state index contributed by atoms with van der Waals surface area (Å²) in [5.74, 6) is -0.379. The molecule has 0 heterocycles. The predicted octanol–water partition coefficient (Wildman–Crippen LogP) is 3.12. The Labute approximate surface area is 88.2 Å². The Balaban J connectivity index is 2.50. The van der Waals surface area contributed by atoms with Crippen molar-refractivity contribution in [2.45, 2.75) is 18.7 Å². The first-order valence-corrected chi connectivity index (χ1v) is 4.95. The lowest BCUT2D eigenvalue weighted by atomic mass is 10.2. The van der Waals surface area contributed by atoms with E-state index in [4.69, 9.17) is 4.18 Å². The normalized spacial score (nSPS) is 9.57. The molecule has 0 saturated carbocycles. The van der Waals surface area contributed by atoms with E-state index in [1.807, 2.05) is 31.2 Å². The number of carbonyl (C=O) groups is 1. The van der Waals surface area contributed by atoms with Crippen LogP contribution in [0, 0.1) is 6.92 Å². The van der Waals surface area contributed by atoms with Crippen LogP contribution in [0.25, 0.3) is 0 Å². The molecule has 0 N–H and O–H groups in total. The molecule has 0 atom stereocenters. The highest BCUT2D eigenvalue weighted by molar-refractivity contribution is 7.95. The fraction of sp³-hybridized carbons (Fsp3) is 0.182. The molecular weight excluding hydrogens is 196 g/mol. The van der Waals surface area contributed by atoms with Crippen molar-refractivity contribution in [2.75, 3.05) is 0 Å². The van der Waals surface area contributed by atoms with Gasteiger partial charge in [-0.05, 0) is 26.0 Å². The maximum atomic E-state index is 11.0. The van der Waals surface area contributed by atoms with E-state index in [0.29, 0.717) is 5.57 Å². The van der Waals surface area contributed by atoms with Crippen LogP contribution < -0.4 is 0 Å². The van der Waals surface area contributed by atoms with Gasteiger partial charge in [0.2, 0.25) is 0 Å². The Morgan fingerprint density at radius 3 is 2.43 bits per heavy atom. The first kappa shape index (κ1) is 10.9. The predicted molar refractivity (Wildman–Crippen MR) is 57.9 cm³/mol. The molecule has 0 spiro atoms. The largest absolute Gasteiger partial charge is 0.383 e. The third-order valence-electron chi connectivity index (χ3n) is 1.58. The minimum absolute atomic E-state index is 0.379. The van der Waals surface area contributed by atoms with Gasteiger partial charge >= 0.3 is 5.97 Å². The molecule has 0 amide bonds. The van der Waals surface area contributed by atoms with Gasteiger partial charge in [-0.25, -0.2) is 4.79 Å². The molecule has 0 aliphatic rings. The number of carbonyl (C=O) groups excluding carboxylic acids is 1. The molecule has 0 aromatic heterocycles. The zero-order valence-electron chi connectivity index (χ0n) is 8.24. The summed E-state index contributed by atoms with van der Waals surface area (Å²) >= 11 is 1.06. The number of hydrogen-bond acceptors (Lipinski definition) is 3. The summed E-state index contributed by atoms with van der Waals surface area (Å²) in [7, 11) is 0. The SMILES string of the molecule is C=C(C)C(=O)OSc1ccc(C)cc1. The van der Waals surface area contributed by atoms with Gasteiger partial charge in [-0.2, -0.15) is 0 Å². The van der Waals surface area contributed by atoms with Gasteiger partial charge in [0.1, 0.15) is 0 Å². The number of rotatable bonds is 3. The quantitative estimate of drug-likeness (QED) is 0.564. The zero-order valence-corrected chi connectivity index (χ0v) is 9.06. The molecular formula is C11H12O2S. The van der Waals surface area contributed by atoms with Gasteiger partial charge in [-0.3, -0.25) is 0 Å². The molecule has 1 aromatic carbocycles. The molecule has 0 radical (unpaired) electrons. The van der Waals surface area contributed by atoms with E-state index in [1.54, 1.807) is 6.92 Å². The second-order valence-corrected chi connectivity index (χ2v) is 3.85. The van der Waals surface area contributed by atoms with Crippen LogP contribution >= 0.6 is 12.0 Å². The Morgan fingerprint density at radius 2 is 1.93 bits per heavy atom. The van der Waals surface area contributed by atoms with Crippen molar-refractivity contribution in [3.05, 3.63) is 42.0 Å². The average molecular weight is 208 g/mol. The van der Waals surface area contributed by atoms with Gasteiger partial charge < -0.3 is 4.18 Å². The summed E-state index contributed by atoms with van der Waals surface area (Å²) in [4.78, 5) is 11.9. The second kappa shape index (κ2) is 4.86. The van der Waals surface area contributed by atoms with Crippen molar-refractivity contribution in [3.63, 3.8) is 0 Å². The van der Waals surface area contributed by atoms with Crippen LogP contribution in [0.3, 0.4) is 0 Å². The smallest absolute Gasteiger partial charge is 0.345 e. The molecule has 14 heavy (non-hydrogen) atoms. The summed E-state index contributed by atoms with van der Waals surface area (Å²) in [6.45, 7) is 7.12. The van der Waals surface area contributed by atoms with E-state index < -0.39 is 0 Å². The zero-order chi connectivity index (χ0) is 10.6. The van der Waals surface area contributed by atoms with Crippen molar-refractivity contribution in [1.29, 1.82) is 0 Å². The van der Waals surface area contributed by atoms with E-state index in [1.165, 1.54) is 5.56 Å². The lowest BCUT2D eigenvalue weighted by Gasteiger charge is -2.01. The van der Waals surface area contributed by atoms with Crippen molar-refractivity contribution >= 4 is 18.0 Å². The third-order valence-corrected chi connectivity index (χ3v) is 2.28.